The summed E-state index contributed by atoms with van der Waals surface area (Å²) < 4.78 is 18.4. The van der Waals surface area contributed by atoms with Crippen LogP contribution in [0.1, 0.15) is 25.8 Å². The number of aliphatic hydroxyl groups excluding tert-OH is 1. The van der Waals surface area contributed by atoms with Crippen molar-refractivity contribution in [2.24, 2.45) is 0 Å². The molecule has 0 aromatic heterocycles. The number of benzene rings is 1. The number of ether oxygens (including phenoxy) is 1. The van der Waals surface area contributed by atoms with Crippen LogP contribution in [-0.2, 0) is 10.2 Å². The second kappa shape index (κ2) is 5.35. The summed E-state index contributed by atoms with van der Waals surface area (Å²) in [6, 6.07) is 4.05. The van der Waals surface area contributed by atoms with Gasteiger partial charge in [-0.3, -0.25) is 0 Å². The van der Waals surface area contributed by atoms with Crippen molar-refractivity contribution in [2.75, 3.05) is 7.11 Å². The van der Waals surface area contributed by atoms with Crippen molar-refractivity contribution >= 4 is 5.97 Å². The van der Waals surface area contributed by atoms with Crippen LogP contribution in [0.2, 0.25) is 0 Å². The highest BCUT2D eigenvalue weighted by Crippen LogP contribution is 2.35. The lowest BCUT2D eigenvalue weighted by Gasteiger charge is -2.28. The molecule has 0 spiro atoms. The van der Waals surface area contributed by atoms with E-state index in [4.69, 9.17) is 9.84 Å². The van der Waals surface area contributed by atoms with Gasteiger partial charge in [-0.15, -0.1) is 0 Å². The first kappa shape index (κ1) is 14.4. The molecule has 5 heteroatoms. The Morgan fingerprint density at radius 2 is 2.11 bits per heavy atom. The number of carboxylic acids is 1. The van der Waals surface area contributed by atoms with E-state index in [9.17, 15) is 14.3 Å². The first-order valence-corrected chi connectivity index (χ1v) is 5.53. The third-order valence-electron chi connectivity index (χ3n) is 2.88. The largest absolute Gasteiger partial charge is 0.496 e. The molecule has 2 N–H and O–H groups in total. The summed E-state index contributed by atoms with van der Waals surface area (Å²) in [6.45, 7) is 3.47. The molecule has 4 nitrogen and oxygen atoms in total. The van der Waals surface area contributed by atoms with Crippen molar-refractivity contribution in [2.45, 2.75) is 31.8 Å². The molecule has 0 aliphatic heterocycles. The molecule has 0 saturated carbocycles. The molecule has 0 heterocycles. The van der Waals surface area contributed by atoms with Crippen LogP contribution in [0.5, 0.6) is 5.75 Å². The van der Waals surface area contributed by atoms with E-state index in [1.165, 1.54) is 25.3 Å². The Bertz CT molecular complexity index is 443. The number of hydrogen-bond acceptors (Lipinski definition) is 3. The van der Waals surface area contributed by atoms with Gasteiger partial charge < -0.3 is 14.9 Å². The molecule has 0 aliphatic carbocycles. The van der Waals surface area contributed by atoms with E-state index in [1.807, 2.05) is 0 Å². The lowest BCUT2D eigenvalue weighted by atomic mass is 9.79. The Balaban J connectivity index is 3.10. The number of carboxylic acid groups (broad SMARTS) is 1. The fourth-order valence-electron chi connectivity index (χ4n) is 1.89. The number of aliphatic hydroxyl groups is 1. The maximum Gasteiger partial charge on any atom is 0.332 e. The standard InChI is InChI=1S/C13H17FO4/c1-13(2,7-10(15)12(16)17)9-6-8(14)4-5-11(9)18-3/h4-6,10,15H,7H2,1-3H3,(H,16,17). The summed E-state index contributed by atoms with van der Waals surface area (Å²) in [6.07, 6.45) is -1.52. The number of carbonyl (C=O) groups is 1. The minimum atomic E-state index is -1.49. The van der Waals surface area contributed by atoms with Crippen molar-refractivity contribution in [3.05, 3.63) is 29.6 Å². The van der Waals surface area contributed by atoms with Crippen LogP contribution in [0.15, 0.2) is 18.2 Å². The van der Waals surface area contributed by atoms with E-state index in [-0.39, 0.29) is 6.42 Å². The molecule has 1 atom stereocenters. The van der Waals surface area contributed by atoms with E-state index in [2.05, 4.69) is 0 Å². The van der Waals surface area contributed by atoms with Crippen LogP contribution in [0.3, 0.4) is 0 Å². The van der Waals surface area contributed by atoms with Gasteiger partial charge in [-0.25, -0.2) is 9.18 Å². The van der Waals surface area contributed by atoms with Crippen molar-refractivity contribution in [3.63, 3.8) is 0 Å². The molecular weight excluding hydrogens is 239 g/mol. The second-order valence-corrected chi connectivity index (χ2v) is 4.79. The van der Waals surface area contributed by atoms with E-state index >= 15 is 0 Å². The molecule has 0 fully saturated rings. The number of aliphatic carboxylic acids is 1. The fourth-order valence-corrected chi connectivity index (χ4v) is 1.89. The van der Waals surface area contributed by atoms with Gasteiger partial charge in [0.15, 0.2) is 6.10 Å². The highest BCUT2D eigenvalue weighted by Gasteiger charge is 2.30. The first-order chi connectivity index (χ1) is 8.27. The topological polar surface area (TPSA) is 66.8 Å². The number of hydrogen-bond donors (Lipinski definition) is 2. The van der Waals surface area contributed by atoms with Gasteiger partial charge in [0.1, 0.15) is 11.6 Å². The van der Waals surface area contributed by atoms with Gasteiger partial charge in [-0.1, -0.05) is 13.8 Å². The Morgan fingerprint density at radius 3 is 2.61 bits per heavy atom. The smallest absolute Gasteiger partial charge is 0.332 e. The number of halogens is 1. The highest BCUT2D eigenvalue weighted by atomic mass is 19.1. The maximum atomic E-state index is 13.3. The Morgan fingerprint density at radius 1 is 1.50 bits per heavy atom. The molecule has 1 aromatic carbocycles. The van der Waals surface area contributed by atoms with Gasteiger partial charge in [0, 0.05) is 5.56 Å². The molecule has 0 amide bonds. The third-order valence-corrected chi connectivity index (χ3v) is 2.88. The normalized spacial score (nSPS) is 13.2. The van der Waals surface area contributed by atoms with Crippen molar-refractivity contribution in [1.29, 1.82) is 0 Å². The summed E-state index contributed by atoms with van der Waals surface area (Å²) in [5, 5.41) is 18.1. The molecule has 1 aromatic rings. The monoisotopic (exact) mass is 256 g/mol. The van der Waals surface area contributed by atoms with Gasteiger partial charge in [0.05, 0.1) is 7.11 Å². The highest BCUT2D eigenvalue weighted by molar-refractivity contribution is 5.72. The zero-order chi connectivity index (χ0) is 13.9. The van der Waals surface area contributed by atoms with Crippen LogP contribution >= 0.6 is 0 Å². The minimum absolute atomic E-state index is 0.0256. The molecule has 1 unspecified atom stereocenters. The number of methoxy groups -OCH3 is 1. The van der Waals surface area contributed by atoms with Gasteiger partial charge in [-0.05, 0) is 30.0 Å². The SMILES string of the molecule is COc1ccc(F)cc1C(C)(C)CC(O)C(=O)O. The van der Waals surface area contributed by atoms with Crippen LogP contribution in [0.25, 0.3) is 0 Å². The fraction of sp³-hybridized carbons (Fsp3) is 0.462. The third kappa shape index (κ3) is 3.20. The van der Waals surface area contributed by atoms with Gasteiger partial charge in [0.2, 0.25) is 0 Å². The molecular formula is C13H17FO4. The summed E-state index contributed by atoms with van der Waals surface area (Å²) >= 11 is 0. The lowest BCUT2D eigenvalue weighted by molar-refractivity contribution is -0.147. The van der Waals surface area contributed by atoms with Crippen LogP contribution < -0.4 is 4.74 Å². The van der Waals surface area contributed by atoms with Crippen molar-refractivity contribution < 1.29 is 24.1 Å². The Labute approximate surface area is 105 Å². The molecule has 0 radical (unpaired) electrons. The zero-order valence-electron chi connectivity index (χ0n) is 10.6. The second-order valence-electron chi connectivity index (χ2n) is 4.79. The molecule has 0 bridgehead atoms. The van der Waals surface area contributed by atoms with Crippen LogP contribution in [0, 0.1) is 5.82 Å². The lowest BCUT2D eigenvalue weighted by Crippen LogP contribution is -2.30. The predicted octanol–water partition coefficient (Wildman–Crippen LogP) is 1.95. The minimum Gasteiger partial charge on any atom is -0.496 e. The predicted molar refractivity (Wildman–Crippen MR) is 64.2 cm³/mol. The maximum absolute atomic E-state index is 13.3. The van der Waals surface area contributed by atoms with E-state index in [1.54, 1.807) is 13.8 Å². The van der Waals surface area contributed by atoms with E-state index in [0.29, 0.717) is 11.3 Å². The quantitative estimate of drug-likeness (QED) is 0.845. The molecule has 100 valence electrons. The number of rotatable bonds is 5. The zero-order valence-corrected chi connectivity index (χ0v) is 10.6. The van der Waals surface area contributed by atoms with Crippen molar-refractivity contribution in [1.82, 2.24) is 0 Å². The summed E-state index contributed by atoms with van der Waals surface area (Å²) in [7, 11) is 1.46. The molecule has 0 aliphatic rings. The molecule has 18 heavy (non-hydrogen) atoms. The average Bonchev–Trinajstić information content (AvgIpc) is 2.28. The van der Waals surface area contributed by atoms with Gasteiger partial charge in [0.25, 0.3) is 0 Å². The summed E-state index contributed by atoms with van der Waals surface area (Å²) in [5.41, 5.74) is -0.184. The molecule has 0 saturated heterocycles. The van der Waals surface area contributed by atoms with E-state index < -0.39 is 23.3 Å². The summed E-state index contributed by atoms with van der Waals surface area (Å²) in [5.74, 6) is -1.25. The van der Waals surface area contributed by atoms with Crippen molar-refractivity contribution in [3.8, 4) is 5.75 Å². The van der Waals surface area contributed by atoms with Gasteiger partial charge >= 0.3 is 5.97 Å². The van der Waals surface area contributed by atoms with Crippen LogP contribution in [-0.4, -0.2) is 29.4 Å². The Hall–Kier alpha value is -1.62. The van der Waals surface area contributed by atoms with E-state index in [0.717, 1.165) is 0 Å². The summed E-state index contributed by atoms with van der Waals surface area (Å²) in [4.78, 5) is 10.7. The van der Waals surface area contributed by atoms with Gasteiger partial charge in [-0.2, -0.15) is 0 Å². The molecule has 1 rings (SSSR count). The first-order valence-electron chi connectivity index (χ1n) is 5.53. The Kier molecular flexibility index (Phi) is 4.29. The van der Waals surface area contributed by atoms with Crippen LogP contribution in [0.4, 0.5) is 4.39 Å². The average molecular weight is 256 g/mol.